The summed E-state index contributed by atoms with van der Waals surface area (Å²) in [6, 6.07) is 4.14. The lowest BCUT2D eigenvalue weighted by Crippen LogP contribution is -2.38. The largest absolute Gasteiger partial charge is 0.342 e. The van der Waals surface area contributed by atoms with E-state index in [0.717, 1.165) is 57.8 Å². The van der Waals surface area contributed by atoms with Crippen LogP contribution >= 0.6 is 0 Å². The fraction of sp³-hybridized carbons (Fsp3) is 0.500. The Morgan fingerprint density at radius 1 is 1.27 bits per heavy atom. The second-order valence-corrected chi connectivity index (χ2v) is 7.32. The van der Waals surface area contributed by atoms with Crippen molar-refractivity contribution in [1.82, 2.24) is 24.8 Å². The Bertz CT molecular complexity index is 779. The standard InChI is InChI=1S/C20H25N5O/c1-15(26)25-9-2-3-17(14-25)20-22-11-18-13-24(10-6-19(18)23-20)12-16-4-7-21-8-5-16/h4-5,7-8,11,17H,2-3,6,9-10,12-14H2,1H3/t17-/m1/s1. The topological polar surface area (TPSA) is 62.2 Å². The Morgan fingerprint density at radius 3 is 2.92 bits per heavy atom. The van der Waals surface area contributed by atoms with E-state index in [1.807, 2.05) is 23.5 Å². The van der Waals surface area contributed by atoms with Crippen LogP contribution in [0.25, 0.3) is 0 Å². The molecule has 1 fully saturated rings. The van der Waals surface area contributed by atoms with Crippen molar-refractivity contribution in [3.8, 4) is 0 Å². The highest BCUT2D eigenvalue weighted by Gasteiger charge is 2.26. The smallest absolute Gasteiger partial charge is 0.219 e. The van der Waals surface area contributed by atoms with Gasteiger partial charge in [-0.3, -0.25) is 14.7 Å². The molecular formula is C20H25N5O. The third-order valence-corrected chi connectivity index (χ3v) is 5.42. The average Bonchev–Trinajstić information content (AvgIpc) is 2.68. The molecule has 0 radical (unpaired) electrons. The zero-order valence-corrected chi connectivity index (χ0v) is 15.3. The maximum Gasteiger partial charge on any atom is 0.219 e. The minimum atomic E-state index is 0.152. The van der Waals surface area contributed by atoms with E-state index in [-0.39, 0.29) is 11.8 Å². The van der Waals surface area contributed by atoms with Crippen LogP contribution in [0.3, 0.4) is 0 Å². The fourth-order valence-electron chi connectivity index (χ4n) is 3.94. The van der Waals surface area contributed by atoms with Gasteiger partial charge in [0.15, 0.2) is 0 Å². The normalized spacial score (nSPS) is 20.7. The first-order valence-corrected chi connectivity index (χ1v) is 9.40. The number of carbonyl (C=O) groups is 1. The highest BCUT2D eigenvalue weighted by atomic mass is 16.2. The van der Waals surface area contributed by atoms with Crippen molar-refractivity contribution in [2.45, 2.75) is 45.2 Å². The van der Waals surface area contributed by atoms with Crippen molar-refractivity contribution in [2.24, 2.45) is 0 Å². The number of nitrogens with zero attached hydrogens (tertiary/aromatic N) is 5. The van der Waals surface area contributed by atoms with Gasteiger partial charge in [-0.1, -0.05) is 0 Å². The molecule has 6 heteroatoms. The molecule has 2 aliphatic heterocycles. The fourth-order valence-corrected chi connectivity index (χ4v) is 3.94. The molecule has 1 atom stereocenters. The van der Waals surface area contributed by atoms with E-state index in [1.54, 1.807) is 6.92 Å². The number of likely N-dealkylation sites (tertiary alicyclic amines) is 1. The molecule has 1 amide bonds. The molecule has 2 aliphatic rings. The summed E-state index contributed by atoms with van der Waals surface area (Å²) in [5.41, 5.74) is 3.70. The summed E-state index contributed by atoms with van der Waals surface area (Å²) < 4.78 is 0. The number of hydrogen-bond donors (Lipinski definition) is 0. The van der Waals surface area contributed by atoms with Crippen LogP contribution in [0.15, 0.2) is 30.7 Å². The summed E-state index contributed by atoms with van der Waals surface area (Å²) in [5, 5.41) is 0. The molecule has 4 rings (SSSR count). The second-order valence-electron chi connectivity index (χ2n) is 7.32. The minimum Gasteiger partial charge on any atom is -0.342 e. The second kappa shape index (κ2) is 7.50. The molecule has 0 spiro atoms. The van der Waals surface area contributed by atoms with Gasteiger partial charge in [-0.05, 0) is 30.5 Å². The monoisotopic (exact) mass is 351 g/mol. The zero-order chi connectivity index (χ0) is 17.9. The van der Waals surface area contributed by atoms with E-state index in [4.69, 9.17) is 4.98 Å². The summed E-state index contributed by atoms with van der Waals surface area (Å²) in [6.45, 7) is 6.09. The first-order chi connectivity index (χ1) is 12.7. The molecule has 26 heavy (non-hydrogen) atoms. The van der Waals surface area contributed by atoms with Gasteiger partial charge in [0.1, 0.15) is 5.82 Å². The highest BCUT2D eigenvalue weighted by molar-refractivity contribution is 5.73. The van der Waals surface area contributed by atoms with E-state index in [1.165, 1.54) is 16.8 Å². The summed E-state index contributed by atoms with van der Waals surface area (Å²) >= 11 is 0. The number of rotatable bonds is 3. The lowest BCUT2D eigenvalue weighted by molar-refractivity contribution is -0.130. The number of pyridine rings is 1. The number of piperidine rings is 1. The summed E-state index contributed by atoms with van der Waals surface area (Å²) in [4.78, 5) is 29.7. The van der Waals surface area contributed by atoms with Crippen molar-refractivity contribution >= 4 is 5.91 Å². The Morgan fingerprint density at radius 2 is 2.12 bits per heavy atom. The number of hydrogen-bond acceptors (Lipinski definition) is 5. The van der Waals surface area contributed by atoms with Gasteiger partial charge in [-0.2, -0.15) is 0 Å². The van der Waals surface area contributed by atoms with Crippen molar-refractivity contribution in [2.75, 3.05) is 19.6 Å². The van der Waals surface area contributed by atoms with E-state index in [2.05, 4.69) is 27.0 Å². The number of fused-ring (bicyclic) bond motifs is 1. The maximum atomic E-state index is 11.7. The van der Waals surface area contributed by atoms with E-state index in [0.29, 0.717) is 0 Å². The van der Waals surface area contributed by atoms with E-state index < -0.39 is 0 Å². The average molecular weight is 351 g/mol. The van der Waals surface area contributed by atoms with Gasteiger partial charge < -0.3 is 4.90 Å². The Labute approximate surface area is 154 Å². The molecule has 0 unspecified atom stereocenters. The molecule has 1 saturated heterocycles. The molecule has 4 heterocycles. The number of carbonyl (C=O) groups excluding carboxylic acids is 1. The van der Waals surface area contributed by atoms with Crippen molar-refractivity contribution in [3.05, 3.63) is 53.4 Å². The van der Waals surface area contributed by atoms with Crippen LogP contribution in [0.5, 0.6) is 0 Å². The zero-order valence-electron chi connectivity index (χ0n) is 15.3. The Kier molecular flexibility index (Phi) is 4.93. The van der Waals surface area contributed by atoms with Gasteiger partial charge in [0.05, 0.1) is 0 Å². The van der Waals surface area contributed by atoms with Crippen LogP contribution in [0.2, 0.25) is 0 Å². The van der Waals surface area contributed by atoms with Crippen molar-refractivity contribution in [3.63, 3.8) is 0 Å². The molecule has 0 aromatic carbocycles. The van der Waals surface area contributed by atoms with Crippen LogP contribution in [0, 0.1) is 0 Å². The predicted molar refractivity (Wildman–Crippen MR) is 98.3 cm³/mol. The molecular weight excluding hydrogens is 326 g/mol. The molecule has 2 aromatic heterocycles. The first kappa shape index (κ1) is 17.1. The SMILES string of the molecule is CC(=O)N1CCC[C@@H](c2ncc3c(n2)CCN(Cc2ccncc2)C3)C1. The summed E-state index contributed by atoms with van der Waals surface area (Å²) in [6.07, 6.45) is 8.75. The molecule has 0 bridgehead atoms. The van der Waals surface area contributed by atoms with Crippen LogP contribution < -0.4 is 0 Å². The number of amides is 1. The molecule has 0 saturated carbocycles. The van der Waals surface area contributed by atoms with Crippen LogP contribution in [-0.4, -0.2) is 50.3 Å². The van der Waals surface area contributed by atoms with Crippen LogP contribution in [-0.2, 0) is 24.3 Å². The molecule has 136 valence electrons. The molecule has 0 aliphatic carbocycles. The van der Waals surface area contributed by atoms with Gasteiger partial charge >= 0.3 is 0 Å². The lowest BCUT2D eigenvalue weighted by Gasteiger charge is -2.32. The summed E-state index contributed by atoms with van der Waals surface area (Å²) in [5.74, 6) is 1.34. The molecule has 6 nitrogen and oxygen atoms in total. The van der Waals surface area contributed by atoms with Gasteiger partial charge in [0.25, 0.3) is 0 Å². The third kappa shape index (κ3) is 3.75. The van der Waals surface area contributed by atoms with Crippen molar-refractivity contribution in [1.29, 1.82) is 0 Å². The molecule has 2 aromatic rings. The van der Waals surface area contributed by atoms with Crippen LogP contribution in [0.4, 0.5) is 0 Å². The number of aromatic nitrogens is 3. The highest BCUT2D eigenvalue weighted by Crippen LogP contribution is 2.26. The predicted octanol–water partition coefficient (Wildman–Crippen LogP) is 2.16. The minimum absolute atomic E-state index is 0.152. The third-order valence-electron chi connectivity index (χ3n) is 5.42. The van der Waals surface area contributed by atoms with Gasteiger partial charge in [0, 0.05) is 81.8 Å². The van der Waals surface area contributed by atoms with Gasteiger partial charge in [-0.15, -0.1) is 0 Å². The van der Waals surface area contributed by atoms with Crippen LogP contribution in [0.1, 0.15) is 48.3 Å². The Balaban J connectivity index is 1.44. The quantitative estimate of drug-likeness (QED) is 0.848. The molecule has 0 N–H and O–H groups in total. The van der Waals surface area contributed by atoms with Gasteiger partial charge in [-0.25, -0.2) is 9.97 Å². The van der Waals surface area contributed by atoms with Crippen molar-refractivity contribution < 1.29 is 4.79 Å². The summed E-state index contributed by atoms with van der Waals surface area (Å²) in [7, 11) is 0. The van der Waals surface area contributed by atoms with E-state index >= 15 is 0 Å². The van der Waals surface area contributed by atoms with E-state index in [9.17, 15) is 4.79 Å². The maximum absolute atomic E-state index is 11.7. The first-order valence-electron chi connectivity index (χ1n) is 9.40. The van der Waals surface area contributed by atoms with Gasteiger partial charge in [0.2, 0.25) is 5.91 Å². The Hall–Kier alpha value is -2.34. The lowest BCUT2D eigenvalue weighted by atomic mass is 9.96.